The molecular weight excluding hydrogens is 374 g/mol. The number of aromatic nitrogens is 5. The lowest BCUT2D eigenvalue weighted by Gasteiger charge is -2.33. The molecule has 0 radical (unpaired) electrons. The molecule has 2 N–H and O–H groups in total. The molecule has 4 rings (SSSR count). The number of carbonyl (C=O) groups excluding carboxylic acids is 1. The molecule has 2 atom stereocenters. The second-order valence-corrected chi connectivity index (χ2v) is 6.36. The number of fused-ring (bicyclic) bond motifs is 1. The van der Waals surface area contributed by atoms with Crippen molar-refractivity contribution in [3.63, 3.8) is 0 Å². The number of rotatable bonds is 5. The van der Waals surface area contributed by atoms with Crippen LogP contribution in [0, 0.1) is 5.92 Å². The molecule has 0 bridgehead atoms. The first-order valence-electron chi connectivity index (χ1n) is 8.79. The van der Waals surface area contributed by atoms with E-state index in [2.05, 4.69) is 37.7 Å². The molecule has 0 fully saturated rings. The molecular formula is C19H19N7O3. The van der Waals surface area contributed by atoms with Gasteiger partial charge in [-0.1, -0.05) is 11.7 Å². The fourth-order valence-corrected chi connectivity index (χ4v) is 3.36. The molecule has 0 saturated carbocycles. The van der Waals surface area contributed by atoms with Gasteiger partial charge in [0.05, 0.1) is 26.1 Å². The van der Waals surface area contributed by atoms with Gasteiger partial charge < -0.3 is 20.1 Å². The molecule has 2 unspecified atom stereocenters. The first-order chi connectivity index (χ1) is 14.1. The van der Waals surface area contributed by atoms with Crippen molar-refractivity contribution >= 4 is 17.5 Å². The van der Waals surface area contributed by atoms with E-state index in [1.54, 1.807) is 61.6 Å². The van der Waals surface area contributed by atoms with Gasteiger partial charge in [0.2, 0.25) is 11.9 Å². The molecule has 29 heavy (non-hydrogen) atoms. The van der Waals surface area contributed by atoms with E-state index in [1.807, 2.05) is 0 Å². The lowest BCUT2D eigenvalue weighted by atomic mass is 9.87. The molecule has 3 heterocycles. The average Bonchev–Trinajstić information content (AvgIpc) is 3.20. The molecule has 0 aliphatic carbocycles. The molecule has 0 saturated heterocycles. The number of benzene rings is 1. The minimum Gasteiger partial charge on any atom is -0.497 e. The molecule has 1 amide bonds. The van der Waals surface area contributed by atoms with Crippen LogP contribution in [0.25, 0.3) is 0 Å². The van der Waals surface area contributed by atoms with Crippen molar-refractivity contribution < 1.29 is 14.3 Å². The number of hydrogen-bond acceptors (Lipinski definition) is 8. The van der Waals surface area contributed by atoms with Crippen molar-refractivity contribution in [2.45, 2.75) is 6.04 Å². The highest BCUT2D eigenvalue weighted by Crippen LogP contribution is 2.42. The Labute approximate surface area is 166 Å². The van der Waals surface area contributed by atoms with Crippen molar-refractivity contribution in [3.8, 4) is 11.5 Å². The van der Waals surface area contributed by atoms with Gasteiger partial charge in [-0.3, -0.25) is 9.78 Å². The first kappa shape index (κ1) is 18.4. The fourth-order valence-electron chi connectivity index (χ4n) is 3.36. The molecule has 10 nitrogen and oxygen atoms in total. The fraction of sp³-hybridized carbons (Fsp3) is 0.211. The highest BCUT2D eigenvalue weighted by atomic mass is 16.5. The summed E-state index contributed by atoms with van der Waals surface area (Å²) in [5.74, 6) is 0.561. The van der Waals surface area contributed by atoms with Crippen LogP contribution in [-0.2, 0) is 4.79 Å². The van der Waals surface area contributed by atoms with Gasteiger partial charge in [0, 0.05) is 17.5 Å². The van der Waals surface area contributed by atoms with Crippen molar-refractivity contribution in [1.29, 1.82) is 0 Å². The number of anilines is 2. The summed E-state index contributed by atoms with van der Waals surface area (Å²) in [7, 11) is 3.13. The van der Waals surface area contributed by atoms with Crippen LogP contribution in [0.5, 0.6) is 11.5 Å². The molecule has 1 aromatic carbocycles. The molecule has 1 aliphatic rings. The van der Waals surface area contributed by atoms with E-state index in [1.165, 1.54) is 0 Å². The van der Waals surface area contributed by atoms with E-state index < -0.39 is 12.0 Å². The summed E-state index contributed by atoms with van der Waals surface area (Å²) in [5, 5.41) is 17.7. The smallest absolute Gasteiger partial charge is 0.247 e. The second kappa shape index (κ2) is 7.58. The third-order valence-electron chi connectivity index (χ3n) is 4.69. The number of hydrogen-bond donors (Lipinski definition) is 2. The van der Waals surface area contributed by atoms with Crippen LogP contribution in [0.4, 0.5) is 11.6 Å². The Hall–Kier alpha value is -3.95. The Morgan fingerprint density at radius 2 is 2.14 bits per heavy atom. The maximum atomic E-state index is 13.3. The van der Waals surface area contributed by atoms with Crippen LogP contribution >= 0.6 is 0 Å². The maximum Gasteiger partial charge on any atom is 0.247 e. The molecule has 2 aromatic heterocycles. The maximum absolute atomic E-state index is 13.3. The number of pyridine rings is 1. The highest BCUT2D eigenvalue weighted by molar-refractivity contribution is 5.95. The largest absolute Gasteiger partial charge is 0.497 e. The predicted octanol–water partition coefficient (Wildman–Crippen LogP) is 1.87. The van der Waals surface area contributed by atoms with E-state index in [0.29, 0.717) is 34.4 Å². The Balaban J connectivity index is 1.81. The van der Waals surface area contributed by atoms with Gasteiger partial charge in [-0.25, -0.2) is 4.68 Å². The quantitative estimate of drug-likeness (QED) is 0.675. The van der Waals surface area contributed by atoms with Gasteiger partial charge in [-0.2, -0.15) is 0 Å². The number of methoxy groups -OCH3 is 2. The number of ether oxygens (including phenoxy) is 2. The minimum absolute atomic E-state index is 0.286. The van der Waals surface area contributed by atoms with Crippen LogP contribution in [0.1, 0.15) is 11.6 Å². The Morgan fingerprint density at radius 3 is 2.86 bits per heavy atom. The highest BCUT2D eigenvalue weighted by Gasteiger charge is 2.41. The van der Waals surface area contributed by atoms with Gasteiger partial charge >= 0.3 is 0 Å². The van der Waals surface area contributed by atoms with E-state index in [9.17, 15) is 4.79 Å². The second-order valence-electron chi connectivity index (χ2n) is 6.36. The normalized spacial score (nSPS) is 17.8. The third kappa shape index (κ3) is 3.35. The van der Waals surface area contributed by atoms with Gasteiger partial charge in [0.15, 0.2) is 0 Å². The van der Waals surface area contributed by atoms with Gasteiger partial charge in [0.25, 0.3) is 0 Å². The molecule has 10 heteroatoms. The Kier molecular flexibility index (Phi) is 4.82. The van der Waals surface area contributed by atoms with Crippen LogP contribution in [0.15, 0.2) is 55.0 Å². The van der Waals surface area contributed by atoms with E-state index >= 15 is 0 Å². The summed E-state index contributed by atoms with van der Waals surface area (Å²) in [6, 6.07) is 8.26. The summed E-state index contributed by atoms with van der Waals surface area (Å²) in [6.07, 6.45) is 3.20. The zero-order valence-corrected chi connectivity index (χ0v) is 15.9. The molecule has 3 aromatic rings. The summed E-state index contributed by atoms with van der Waals surface area (Å²) < 4.78 is 12.5. The lowest BCUT2D eigenvalue weighted by molar-refractivity contribution is -0.119. The number of tetrazole rings is 1. The molecule has 148 valence electrons. The van der Waals surface area contributed by atoms with Gasteiger partial charge in [0.1, 0.15) is 23.5 Å². The summed E-state index contributed by atoms with van der Waals surface area (Å²) in [4.78, 5) is 17.3. The number of nitrogens with zero attached hydrogens (tertiary/aromatic N) is 5. The first-order valence-corrected chi connectivity index (χ1v) is 8.79. The zero-order chi connectivity index (χ0) is 20.4. The van der Waals surface area contributed by atoms with E-state index in [0.717, 1.165) is 0 Å². The third-order valence-corrected chi connectivity index (χ3v) is 4.69. The monoisotopic (exact) mass is 393 g/mol. The SMILES string of the molecule is C=C1Nc2nnnn2C(c2cc(OC)ccc2OC)C1C(=O)Nc1cccnc1. The standard InChI is InChI=1S/C19H19N7O3/c1-11-16(18(27)22-12-5-4-8-20-10-12)17(26-19(21-11)23-24-25-26)14-9-13(28-2)6-7-15(14)29-3/h4-10,16-17H,1H2,2-3H3,(H,22,27)(H,21,23,25). The average molecular weight is 393 g/mol. The number of nitrogens with one attached hydrogen (secondary N) is 2. The predicted molar refractivity (Wildman–Crippen MR) is 105 cm³/mol. The zero-order valence-electron chi connectivity index (χ0n) is 15.9. The van der Waals surface area contributed by atoms with Crippen LogP contribution < -0.4 is 20.1 Å². The van der Waals surface area contributed by atoms with Crippen LogP contribution in [-0.4, -0.2) is 45.3 Å². The van der Waals surface area contributed by atoms with Crippen molar-refractivity contribution in [2.75, 3.05) is 24.9 Å². The van der Waals surface area contributed by atoms with Crippen molar-refractivity contribution in [2.24, 2.45) is 5.92 Å². The van der Waals surface area contributed by atoms with E-state index in [-0.39, 0.29) is 5.91 Å². The Bertz CT molecular complexity index is 1050. The molecule has 1 aliphatic heterocycles. The molecule has 0 spiro atoms. The number of carbonyl (C=O) groups is 1. The lowest BCUT2D eigenvalue weighted by Crippen LogP contribution is -2.39. The summed E-state index contributed by atoms with van der Waals surface area (Å²) in [5.41, 5.74) is 1.72. The van der Waals surface area contributed by atoms with E-state index in [4.69, 9.17) is 9.47 Å². The van der Waals surface area contributed by atoms with Gasteiger partial charge in [-0.05, 0) is 40.8 Å². The van der Waals surface area contributed by atoms with Crippen LogP contribution in [0.2, 0.25) is 0 Å². The minimum atomic E-state index is -0.729. The van der Waals surface area contributed by atoms with Gasteiger partial charge in [-0.15, -0.1) is 0 Å². The van der Waals surface area contributed by atoms with Crippen molar-refractivity contribution in [1.82, 2.24) is 25.2 Å². The summed E-state index contributed by atoms with van der Waals surface area (Å²) >= 11 is 0. The Morgan fingerprint density at radius 1 is 1.28 bits per heavy atom. The number of amides is 1. The van der Waals surface area contributed by atoms with Crippen molar-refractivity contribution in [3.05, 3.63) is 60.6 Å². The topological polar surface area (TPSA) is 116 Å². The van der Waals surface area contributed by atoms with Crippen LogP contribution in [0.3, 0.4) is 0 Å². The summed E-state index contributed by atoms with van der Waals surface area (Å²) in [6.45, 7) is 4.04.